The van der Waals surface area contributed by atoms with Crippen LogP contribution in [0.5, 0.6) is 0 Å². The summed E-state index contributed by atoms with van der Waals surface area (Å²) in [5, 5.41) is 9.93. The fraction of sp³-hybridized carbons (Fsp3) is 0.929. The first kappa shape index (κ1) is 18.8. The van der Waals surface area contributed by atoms with Gasteiger partial charge in [0, 0.05) is 5.97 Å². The molecule has 3 nitrogen and oxygen atoms in total. The molecule has 0 bridgehead atoms. The minimum atomic E-state index is -0.954. The molecule has 0 aliphatic carbocycles. The normalized spacial score (nSPS) is 11.7. The van der Waals surface area contributed by atoms with E-state index in [1.165, 1.54) is 24.1 Å². The number of hydrogen-bond donors (Lipinski definition) is 0. The summed E-state index contributed by atoms with van der Waals surface area (Å²) in [4.78, 5) is 9.93. The van der Waals surface area contributed by atoms with Gasteiger partial charge in [-0.25, -0.2) is 0 Å². The molecule has 3 heteroatoms. The number of carbonyl (C=O) groups excluding carboxylic acids is 1. The van der Waals surface area contributed by atoms with Crippen LogP contribution in [-0.4, -0.2) is 37.1 Å². The number of carboxylic acids is 1. The van der Waals surface area contributed by atoms with Crippen molar-refractivity contribution in [2.45, 2.75) is 54.4 Å². The standard InChI is InChI=1S/C7H18N.C7H14O2/c1-5-8(4,6-2)7-3;1-7(2,3)5-4-6(8)9/h5-7H2,1-4H3;4-5H2,1-3H3,(H,8,9)/q+1;/p-1. The summed E-state index contributed by atoms with van der Waals surface area (Å²) < 4.78 is 1.21. The lowest BCUT2D eigenvalue weighted by atomic mass is 9.91. The number of quaternary nitrogens is 1. The third kappa shape index (κ3) is 13.4. The summed E-state index contributed by atoms with van der Waals surface area (Å²) in [6.45, 7) is 16.5. The van der Waals surface area contributed by atoms with E-state index in [-0.39, 0.29) is 11.8 Å². The van der Waals surface area contributed by atoms with Crippen LogP contribution in [0.25, 0.3) is 0 Å². The first-order valence-electron chi connectivity index (χ1n) is 6.63. The Kier molecular flexibility index (Phi) is 9.40. The topological polar surface area (TPSA) is 40.1 Å². The molecule has 0 spiro atoms. The lowest BCUT2D eigenvalue weighted by Gasteiger charge is -2.30. The van der Waals surface area contributed by atoms with E-state index in [2.05, 4.69) is 27.8 Å². The van der Waals surface area contributed by atoms with Gasteiger partial charge in [-0.15, -0.1) is 0 Å². The maximum absolute atomic E-state index is 9.93. The Balaban J connectivity index is 0. The Morgan fingerprint density at radius 2 is 1.41 bits per heavy atom. The predicted octanol–water partition coefficient (Wildman–Crippen LogP) is 2.06. The second kappa shape index (κ2) is 8.51. The van der Waals surface area contributed by atoms with Crippen LogP contribution in [0, 0.1) is 5.41 Å². The van der Waals surface area contributed by atoms with Gasteiger partial charge in [-0.2, -0.15) is 0 Å². The molecule has 0 fully saturated rings. The molecule has 0 heterocycles. The first-order chi connectivity index (χ1) is 7.60. The number of carboxylic acid groups (broad SMARTS) is 1. The number of carbonyl (C=O) groups is 1. The van der Waals surface area contributed by atoms with Crippen molar-refractivity contribution in [2.24, 2.45) is 5.41 Å². The lowest BCUT2D eigenvalue weighted by molar-refractivity contribution is -0.904. The van der Waals surface area contributed by atoms with Gasteiger partial charge >= 0.3 is 0 Å². The second-order valence-electron chi connectivity index (χ2n) is 6.00. The maximum Gasteiger partial charge on any atom is 0.0755 e. The van der Waals surface area contributed by atoms with Crippen LogP contribution in [0.1, 0.15) is 54.4 Å². The molecule has 17 heavy (non-hydrogen) atoms. The molecule has 0 aliphatic heterocycles. The van der Waals surface area contributed by atoms with E-state index < -0.39 is 5.97 Å². The summed E-state index contributed by atoms with van der Waals surface area (Å²) >= 11 is 0. The van der Waals surface area contributed by atoms with Crippen molar-refractivity contribution in [3.63, 3.8) is 0 Å². The Morgan fingerprint density at radius 3 is 1.47 bits per heavy atom. The summed E-state index contributed by atoms with van der Waals surface area (Å²) in [6.07, 6.45) is 0.860. The van der Waals surface area contributed by atoms with Crippen LogP contribution in [0.15, 0.2) is 0 Å². The molecule has 0 N–H and O–H groups in total. The molecule has 0 rings (SSSR count). The van der Waals surface area contributed by atoms with Crippen LogP contribution in [0.4, 0.5) is 0 Å². The molecule has 0 aromatic carbocycles. The highest BCUT2D eigenvalue weighted by Gasteiger charge is 2.11. The Labute approximate surface area is 107 Å². The zero-order valence-electron chi connectivity index (χ0n) is 12.8. The lowest BCUT2D eigenvalue weighted by Crippen LogP contribution is -2.42. The molecule has 0 aromatic rings. The zero-order valence-corrected chi connectivity index (χ0v) is 12.8. The second-order valence-corrected chi connectivity index (χ2v) is 6.00. The van der Waals surface area contributed by atoms with Crippen molar-refractivity contribution in [3.05, 3.63) is 0 Å². The van der Waals surface area contributed by atoms with Gasteiger partial charge in [0.05, 0.1) is 26.7 Å². The van der Waals surface area contributed by atoms with Crippen molar-refractivity contribution in [2.75, 3.05) is 26.7 Å². The van der Waals surface area contributed by atoms with E-state index in [1.54, 1.807) is 0 Å². The highest BCUT2D eigenvalue weighted by molar-refractivity contribution is 5.64. The molecule has 0 atom stereocenters. The monoisotopic (exact) mass is 245 g/mol. The summed E-state index contributed by atoms with van der Waals surface area (Å²) in [5.74, 6) is -0.954. The van der Waals surface area contributed by atoms with Gasteiger partial charge in [-0.05, 0) is 39.0 Å². The van der Waals surface area contributed by atoms with Crippen molar-refractivity contribution in [1.29, 1.82) is 0 Å². The number of aliphatic carboxylic acids is 1. The zero-order chi connectivity index (χ0) is 14.1. The fourth-order valence-electron chi connectivity index (χ4n) is 1.15. The number of nitrogens with zero attached hydrogens (tertiary/aromatic N) is 1. The molecular formula is C14H31NO2. The average Bonchev–Trinajstić information content (AvgIpc) is 2.25. The molecule has 0 saturated heterocycles. The maximum atomic E-state index is 9.93. The third-order valence-electron chi connectivity index (χ3n) is 3.37. The SMILES string of the molecule is CC(C)(C)CCC(=O)[O-].CC[N+](C)(CC)CC. The van der Waals surface area contributed by atoms with Gasteiger partial charge in [0.15, 0.2) is 0 Å². The van der Waals surface area contributed by atoms with E-state index in [0.717, 1.165) is 0 Å². The van der Waals surface area contributed by atoms with Crippen LogP contribution >= 0.6 is 0 Å². The molecule has 0 radical (unpaired) electrons. The van der Waals surface area contributed by atoms with E-state index in [4.69, 9.17) is 0 Å². The van der Waals surface area contributed by atoms with Gasteiger partial charge in [0.2, 0.25) is 0 Å². The smallest absolute Gasteiger partial charge is 0.0755 e. The van der Waals surface area contributed by atoms with Crippen molar-refractivity contribution in [3.8, 4) is 0 Å². The van der Waals surface area contributed by atoms with Crippen molar-refractivity contribution < 1.29 is 14.4 Å². The van der Waals surface area contributed by atoms with E-state index in [0.29, 0.717) is 6.42 Å². The fourth-order valence-corrected chi connectivity index (χ4v) is 1.15. The molecule has 104 valence electrons. The molecule has 0 unspecified atom stereocenters. The van der Waals surface area contributed by atoms with E-state index in [1.807, 2.05) is 20.8 Å². The van der Waals surface area contributed by atoms with E-state index >= 15 is 0 Å². The van der Waals surface area contributed by atoms with Crippen LogP contribution in [0.2, 0.25) is 0 Å². The quantitative estimate of drug-likeness (QED) is 0.696. The van der Waals surface area contributed by atoms with E-state index in [9.17, 15) is 9.90 Å². The van der Waals surface area contributed by atoms with Crippen LogP contribution < -0.4 is 5.11 Å². The van der Waals surface area contributed by atoms with Crippen molar-refractivity contribution >= 4 is 5.97 Å². The highest BCUT2D eigenvalue weighted by atomic mass is 16.4. The molecule has 0 aromatic heterocycles. The minimum absolute atomic E-state index is 0.111. The van der Waals surface area contributed by atoms with Crippen LogP contribution in [-0.2, 0) is 4.79 Å². The third-order valence-corrected chi connectivity index (χ3v) is 3.37. The average molecular weight is 245 g/mol. The molecule has 0 saturated carbocycles. The predicted molar refractivity (Wildman–Crippen MR) is 71.5 cm³/mol. The largest absolute Gasteiger partial charge is 0.550 e. The molecule has 0 aliphatic rings. The van der Waals surface area contributed by atoms with Gasteiger partial charge in [0.1, 0.15) is 0 Å². The Hall–Kier alpha value is -0.570. The van der Waals surface area contributed by atoms with Gasteiger partial charge in [-0.1, -0.05) is 20.8 Å². The summed E-state index contributed by atoms with van der Waals surface area (Å²) in [5.41, 5.74) is 0.111. The minimum Gasteiger partial charge on any atom is -0.550 e. The molecular weight excluding hydrogens is 214 g/mol. The highest BCUT2D eigenvalue weighted by Crippen LogP contribution is 2.19. The molecule has 0 amide bonds. The summed E-state index contributed by atoms with van der Waals surface area (Å²) in [6, 6.07) is 0. The van der Waals surface area contributed by atoms with Gasteiger partial charge in [-0.3, -0.25) is 0 Å². The number of rotatable bonds is 5. The Morgan fingerprint density at radius 1 is 1.06 bits per heavy atom. The van der Waals surface area contributed by atoms with Crippen molar-refractivity contribution in [1.82, 2.24) is 0 Å². The first-order valence-corrected chi connectivity index (χ1v) is 6.63. The van der Waals surface area contributed by atoms with Crippen LogP contribution in [0.3, 0.4) is 0 Å². The van der Waals surface area contributed by atoms with Gasteiger partial charge in [0.25, 0.3) is 0 Å². The summed E-state index contributed by atoms with van der Waals surface area (Å²) in [7, 11) is 2.29. The van der Waals surface area contributed by atoms with Gasteiger partial charge < -0.3 is 14.4 Å². The Bertz CT molecular complexity index is 194. The number of hydrogen-bond acceptors (Lipinski definition) is 2.